The second-order valence-electron chi connectivity index (χ2n) is 5.96. The Morgan fingerprint density at radius 3 is 2.54 bits per heavy atom. The van der Waals surface area contributed by atoms with Crippen LogP contribution in [0.1, 0.15) is 18.1 Å². The highest BCUT2D eigenvalue weighted by atomic mass is 35.5. The van der Waals surface area contributed by atoms with Gasteiger partial charge in [0.2, 0.25) is 0 Å². The Morgan fingerprint density at radius 2 is 1.96 bits per heavy atom. The molecule has 0 bridgehead atoms. The van der Waals surface area contributed by atoms with E-state index in [9.17, 15) is 27.5 Å². The van der Waals surface area contributed by atoms with Crippen LogP contribution in [0.3, 0.4) is 0 Å². The summed E-state index contributed by atoms with van der Waals surface area (Å²) in [6.45, 7) is 0.464. The van der Waals surface area contributed by atoms with Gasteiger partial charge in [0.05, 0.1) is 22.2 Å². The zero-order chi connectivity index (χ0) is 21.1. The largest absolute Gasteiger partial charge is 0.490 e. The van der Waals surface area contributed by atoms with Crippen LogP contribution in [0.4, 0.5) is 23.2 Å². The van der Waals surface area contributed by atoms with E-state index in [0.29, 0.717) is 6.07 Å². The van der Waals surface area contributed by atoms with Crippen LogP contribution in [0.5, 0.6) is 5.75 Å². The Morgan fingerprint density at radius 1 is 1.29 bits per heavy atom. The average molecular weight is 417 g/mol. The molecule has 0 aliphatic rings. The number of hydrogen-bond acceptors (Lipinski definition) is 4. The van der Waals surface area contributed by atoms with Crippen molar-refractivity contribution in [3.05, 3.63) is 58.4 Å². The van der Waals surface area contributed by atoms with Crippen molar-refractivity contribution < 1.29 is 32.2 Å². The van der Waals surface area contributed by atoms with Crippen molar-refractivity contribution in [3.8, 4) is 11.8 Å². The second kappa shape index (κ2) is 8.04. The lowest BCUT2D eigenvalue weighted by Gasteiger charge is -2.23. The third-order valence-corrected chi connectivity index (χ3v) is 3.91. The van der Waals surface area contributed by atoms with Gasteiger partial charge in [0.1, 0.15) is 18.2 Å². The van der Waals surface area contributed by atoms with E-state index in [-0.39, 0.29) is 16.5 Å². The minimum atomic E-state index is -4.80. The number of nitriles is 1. The second-order valence-corrected chi connectivity index (χ2v) is 6.37. The first kappa shape index (κ1) is 21.5. The van der Waals surface area contributed by atoms with E-state index in [1.165, 1.54) is 18.2 Å². The van der Waals surface area contributed by atoms with Crippen LogP contribution in [0.15, 0.2) is 36.4 Å². The third kappa shape index (κ3) is 5.12. The predicted molar refractivity (Wildman–Crippen MR) is 92.3 cm³/mol. The number of hydrogen-bond donors (Lipinski definition) is 2. The molecule has 0 aromatic heterocycles. The summed E-state index contributed by atoms with van der Waals surface area (Å²) >= 11 is 5.53. The summed E-state index contributed by atoms with van der Waals surface area (Å²) in [4.78, 5) is 12.2. The fourth-order valence-electron chi connectivity index (χ4n) is 2.08. The molecule has 10 heteroatoms. The summed E-state index contributed by atoms with van der Waals surface area (Å²) in [5.74, 6) is -1.83. The summed E-state index contributed by atoms with van der Waals surface area (Å²) in [5.41, 5.74) is -4.25. The molecule has 1 atom stereocenters. The number of halogens is 5. The maximum atomic E-state index is 13.4. The fraction of sp³-hybridized carbons (Fsp3) is 0.222. The van der Waals surface area contributed by atoms with Gasteiger partial charge in [0.15, 0.2) is 5.60 Å². The topological polar surface area (TPSA) is 82.3 Å². The average Bonchev–Trinajstić information content (AvgIpc) is 2.62. The molecule has 0 fully saturated rings. The molecular formula is C18H13ClF4N2O3. The Hall–Kier alpha value is -2.83. The lowest BCUT2D eigenvalue weighted by molar-refractivity contribution is -0.138. The quantitative estimate of drug-likeness (QED) is 0.718. The Balaban J connectivity index is 2.12. The van der Waals surface area contributed by atoms with Gasteiger partial charge in [-0.25, -0.2) is 4.39 Å². The van der Waals surface area contributed by atoms with E-state index in [0.717, 1.165) is 25.1 Å². The molecule has 0 saturated carbocycles. The molecule has 0 aliphatic carbocycles. The van der Waals surface area contributed by atoms with Gasteiger partial charge in [-0.05, 0) is 37.3 Å². The van der Waals surface area contributed by atoms with E-state index in [4.69, 9.17) is 21.6 Å². The molecule has 2 aromatic rings. The van der Waals surface area contributed by atoms with Gasteiger partial charge in [-0.15, -0.1) is 0 Å². The summed E-state index contributed by atoms with van der Waals surface area (Å²) in [6, 6.07) is 7.49. The Kier molecular flexibility index (Phi) is 6.17. The maximum Gasteiger partial charge on any atom is 0.417 e. The van der Waals surface area contributed by atoms with E-state index in [1.54, 1.807) is 0 Å². The molecule has 2 aromatic carbocycles. The molecule has 2 N–H and O–H groups in total. The highest BCUT2D eigenvalue weighted by Crippen LogP contribution is 2.33. The van der Waals surface area contributed by atoms with Crippen molar-refractivity contribution in [1.29, 1.82) is 5.26 Å². The molecule has 148 valence electrons. The highest BCUT2D eigenvalue weighted by Gasteiger charge is 2.35. The number of alkyl halides is 3. The normalized spacial score (nSPS) is 13.4. The molecule has 0 saturated heterocycles. The summed E-state index contributed by atoms with van der Waals surface area (Å²) in [6.07, 6.45) is -4.80. The lowest BCUT2D eigenvalue weighted by atomic mass is 10.1. The van der Waals surface area contributed by atoms with Crippen LogP contribution in [0, 0.1) is 17.1 Å². The van der Waals surface area contributed by atoms with Crippen LogP contribution in [-0.4, -0.2) is 23.2 Å². The van der Waals surface area contributed by atoms with Gasteiger partial charge in [-0.1, -0.05) is 11.6 Å². The SMILES string of the molecule is C[C@@](O)(COc1ccc(Cl)c(F)c1)C(=O)Nc1ccc(C#N)c(C(F)(F)F)c1. The van der Waals surface area contributed by atoms with Crippen molar-refractivity contribution in [2.24, 2.45) is 0 Å². The first-order chi connectivity index (χ1) is 12.9. The zero-order valence-corrected chi connectivity index (χ0v) is 15.0. The highest BCUT2D eigenvalue weighted by molar-refractivity contribution is 6.30. The molecule has 0 radical (unpaired) electrons. The van der Waals surface area contributed by atoms with E-state index in [1.807, 2.05) is 0 Å². The first-order valence-electron chi connectivity index (χ1n) is 7.67. The number of nitrogens with zero attached hydrogens (tertiary/aromatic N) is 1. The first-order valence-corrected chi connectivity index (χ1v) is 8.05. The third-order valence-electron chi connectivity index (χ3n) is 3.60. The minimum Gasteiger partial charge on any atom is -0.490 e. The molecule has 0 aliphatic heterocycles. The molecule has 28 heavy (non-hydrogen) atoms. The summed E-state index contributed by atoms with van der Waals surface area (Å²) in [5, 5.41) is 21.0. The van der Waals surface area contributed by atoms with Gasteiger partial charge in [-0.3, -0.25) is 4.79 Å². The molecule has 0 spiro atoms. The number of carbonyl (C=O) groups is 1. The molecule has 0 unspecified atom stereocenters. The predicted octanol–water partition coefficient (Wildman–Crippen LogP) is 4.14. The van der Waals surface area contributed by atoms with Crippen molar-refractivity contribution in [2.75, 3.05) is 11.9 Å². The number of ether oxygens (including phenoxy) is 1. The number of anilines is 1. The van der Waals surface area contributed by atoms with E-state index in [2.05, 4.69) is 5.32 Å². The maximum absolute atomic E-state index is 13.4. The van der Waals surface area contributed by atoms with Crippen molar-refractivity contribution >= 4 is 23.2 Å². The van der Waals surface area contributed by atoms with Gasteiger partial charge < -0.3 is 15.2 Å². The van der Waals surface area contributed by atoms with Crippen molar-refractivity contribution in [3.63, 3.8) is 0 Å². The number of amides is 1. The minimum absolute atomic E-state index is 0.00675. The molecular weight excluding hydrogens is 404 g/mol. The van der Waals surface area contributed by atoms with Gasteiger partial charge in [0, 0.05) is 11.8 Å². The Bertz CT molecular complexity index is 939. The fourth-order valence-corrected chi connectivity index (χ4v) is 2.19. The molecule has 5 nitrogen and oxygen atoms in total. The van der Waals surface area contributed by atoms with Crippen molar-refractivity contribution in [1.82, 2.24) is 0 Å². The van der Waals surface area contributed by atoms with E-state index >= 15 is 0 Å². The number of aliphatic hydroxyl groups is 1. The van der Waals surface area contributed by atoms with Crippen molar-refractivity contribution in [2.45, 2.75) is 18.7 Å². The van der Waals surface area contributed by atoms with Crippen LogP contribution >= 0.6 is 11.6 Å². The summed E-state index contributed by atoms with van der Waals surface area (Å²) in [7, 11) is 0. The van der Waals surface area contributed by atoms with Crippen LogP contribution < -0.4 is 10.1 Å². The zero-order valence-electron chi connectivity index (χ0n) is 14.3. The molecule has 0 heterocycles. The number of carbonyl (C=O) groups excluding carboxylic acids is 1. The van der Waals surface area contributed by atoms with Crippen LogP contribution in [-0.2, 0) is 11.0 Å². The van der Waals surface area contributed by atoms with Gasteiger partial charge in [0.25, 0.3) is 5.91 Å². The number of rotatable bonds is 5. The Labute approximate surface area is 162 Å². The van der Waals surface area contributed by atoms with Crippen LogP contribution in [0.2, 0.25) is 5.02 Å². The lowest BCUT2D eigenvalue weighted by Crippen LogP contribution is -2.45. The number of benzene rings is 2. The van der Waals surface area contributed by atoms with E-state index < -0.39 is 41.2 Å². The number of nitrogens with one attached hydrogen (secondary N) is 1. The van der Waals surface area contributed by atoms with Gasteiger partial charge in [-0.2, -0.15) is 18.4 Å². The smallest absolute Gasteiger partial charge is 0.417 e. The van der Waals surface area contributed by atoms with Crippen LogP contribution in [0.25, 0.3) is 0 Å². The summed E-state index contributed by atoms with van der Waals surface area (Å²) < 4.78 is 57.5. The molecule has 1 amide bonds. The standard InChI is InChI=1S/C18H13ClF4N2O3/c1-17(27,9-28-12-4-5-14(19)15(20)7-12)16(26)25-11-3-2-10(8-24)13(6-11)18(21,22)23/h2-7,27H,9H2,1H3,(H,25,26)/t17-/m1/s1. The monoisotopic (exact) mass is 416 g/mol. The van der Waals surface area contributed by atoms with Gasteiger partial charge >= 0.3 is 6.18 Å². The molecule has 2 rings (SSSR count).